The maximum absolute atomic E-state index is 14.2. The molecule has 108 valence electrons. The van der Waals surface area contributed by atoms with Crippen LogP contribution in [-0.2, 0) is 0 Å². The molecular formula is C17H16FNO2. The zero-order valence-corrected chi connectivity index (χ0v) is 11.4. The smallest absolute Gasteiger partial charge is 0.175 e. The number of halogens is 1. The van der Waals surface area contributed by atoms with E-state index in [0.29, 0.717) is 11.3 Å². The lowest BCUT2D eigenvalue weighted by Gasteiger charge is -2.22. The largest absolute Gasteiger partial charge is 0.479 e. The zero-order chi connectivity index (χ0) is 14.7. The van der Waals surface area contributed by atoms with E-state index in [1.165, 1.54) is 0 Å². The van der Waals surface area contributed by atoms with Crippen LogP contribution in [0.2, 0.25) is 0 Å². The first kappa shape index (κ1) is 13.6. The van der Waals surface area contributed by atoms with Gasteiger partial charge >= 0.3 is 0 Å². The molecule has 1 heterocycles. The topological polar surface area (TPSA) is 48.4 Å². The van der Waals surface area contributed by atoms with E-state index >= 15 is 0 Å². The number of rotatable bonds is 5. The molecule has 3 rings (SSSR count). The van der Waals surface area contributed by atoms with Gasteiger partial charge in [-0.1, -0.05) is 42.5 Å². The van der Waals surface area contributed by atoms with Gasteiger partial charge in [0.25, 0.3) is 0 Å². The molecule has 3 aromatic rings. The van der Waals surface area contributed by atoms with E-state index in [1.807, 2.05) is 48.5 Å². The summed E-state index contributed by atoms with van der Waals surface area (Å²) in [6.45, 7) is -0.103. The van der Waals surface area contributed by atoms with E-state index < -0.39 is 12.3 Å². The SMILES string of the molecule is NC[C@H](F)[C@@H](Oc1cccc2ccoc12)c1ccccc1. The van der Waals surface area contributed by atoms with Crippen LogP contribution in [0.4, 0.5) is 4.39 Å². The van der Waals surface area contributed by atoms with Crippen LogP contribution in [0, 0.1) is 0 Å². The van der Waals surface area contributed by atoms with E-state index in [9.17, 15) is 4.39 Å². The van der Waals surface area contributed by atoms with Gasteiger partial charge in [0.15, 0.2) is 23.6 Å². The second kappa shape index (κ2) is 5.97. The van der Waals surface area contributed by atoms with Crippen LogP contribution in [0.1, 0.15) is 11.7 Å². The summed E-state index contributed by atoms with van der Waals surface area (Å²) in [6.07, 6.45) is -0.463. The number of fused-ring (bicyclic) bond motifs is 1. The van der Waals surface area contributed by atoms with Gasteiger partial charge in [0.1, 0.15) is 0 Å². The Morgan fingerprint density at radius 2 is 1.86 bits per heavy atom. The lowest BCUT2D eigenvalue weighted by molar-refractivity contribution is 0.105. The van der Waals surface area contributed by atoms with Crippen molar-refractivity contribution >= 4 is 11.0 Å². The quantitative estimate of drug-likeness (QED) is 0.774. The molecule has 4 heteroatoms. The van der Waals surface area contributed by atoms with Crippen molar-refractivity contribution in [3.05, 3.63) is 66.4 Å². The second-order valence-corrected chi connectivity index (χ2v) is 4.80. The first-order chi connectivity index (χ1) is 10.3. The Morgan fingerprint density at radius 1 is 1.05 bits per heavy atom. The third kappa shape index (κ3) is 2.76. The molecule has 0 aliphatic heterocycles. The molecular weight excluding hydrogens is 269 g/mol. The summed E-state index contributed by atoms with van der Waals surface area (Å²) in [5.41, 5.74) is 6.84. The second-order valence-electron chi connectivity index (χ2n) is 4.80. The minimum absolute atomic E-state index is 0.103. The van der Waals surface area contributed by atoms with Crippen molar-refractivity contribution < 1.29 is 13.5 Å². The third-order valence-electron chi connectivity index (χ3n) is 3.38. The number of furan rings is 1. The van der Waals surface area contributed by atoms with Crippen molar-refractivity contribution in [3.8, 4) is 5.75 Å². The van der Waals surface area contributed by atoms with Crippen molar-refractivity contribution in [3.63, 3.8) is 0 Å². The minimum atomic E-state index is -1.29. The molecule has 21 heavy (non-hydrogen) atoms. The fourth-order valence-electron chi connectivity index (χ4n) is 2.31. The molecule has 3 nitrogen and oxygen atoms in total. The Balaban J connectivity index is 1.97. The predicted octanol–water partition coefficient (Wildman–Crippen LogP) is 3.85. The van der Waals surface area contributed by atoms with Crippen LogP contribution in [0.15, 0.2) is 65.3 Å². The van der Waals surface area contributed by atoms with Crippen molar-refractivity contribution in [1.29, 1.82) is 0 Å². The molecule has 2 atom stereocenters. The molecule has 0 saturated heterocycles. The molecule has 2 aromatic carbocycles. The van der Waals surface area contributed by atoms with Gasteiger partial charge in [0.05, 0.1) is 6.26 Å². The number of ether oxygens (including phenoxy) is 1. The highest BCUT2D eigenvalue weighted by Crippen LogP contribution is 2.32. The molecule has 0 unspecified atom stereocenters. The van der Waals surface area contributed by atoms with Crippen LogP contribution in [-0.4, -0.2) is 12.7 Å². The number of benzene rings is 2. The van der Waals surface area contributed by atoms with Crippen molar-refractivity contribution in [2.45, 2.75) is 12.3 Å². The average molecular weight is 285 g/mol. The highest BCUT2D eigenvalue weighted by Gasteiger charge is 2.24. The Hall–Kier alpha value is -2.33. The first-order valence-corrected chi connectivity index (χ1v) is 6.81. The normalized spacial score (nSPS) is 14.0. The van der Waals surface area contributed by atoms with Crippen LogP contribution in [0.3, 0.4) is 0 Å². The molecule has 0 aliphatic rings. The molecule has 0 spiro atoms. The van der Waals surface area contributed by atoms with E-state index in [-0.39, 0.29) is 6.54 Å². The summed E-state index contributed by atoms with van der Waals surface area (Å²) in [4.78, 5) is 0. The van der Waals surface area contributed by atoms with Crippen LogP contribution in [0.25, 0.3) is 11.0 Å². The molecule has 0 saturated carbocycles. The van der Waals surface area contributed by atoms with Gasteiger partial charge in [0, 0.05) is 11.9 Å². The van der Waals surface area contributed by atoms with Crippen LogP contribution < -0.4 is 10.5 Å². The predicted molar refractivity (Wildman–Crippen MR) is 80.0 cm³/mol. The molecule has 0 amide bonds. The molecule has 2 N–H and O–H groups in total. The zero-order valence-electron chi connectivity index (χ0n) is 11.4. The summed E-state index contributed by atoms with van der Waals surface area (Å²) in [5, 5.41) is 0.919. The molecule has 0 bridgehead atoms. The highest BCUT2D eigenvalue weighted by atomic mass is 19.1. The number of para-hydroxylation sites is 1. The van der Waals surface area contributed by atoms with Gasteiger partial charge in [-0.05, 0) is 17.7 Å². The maximum atomic E-state index is 14.2. The van der Waals surface area contributed by atoms with E-state index in [1.54, 1.807) is 12.3 Å². The highest BCUT2D eigenvalue weighted by molar-refractivity contribution is 5.82. The Kier molecular flexibility index (Phi) is 3.88. The summed E-state index contributed by atoms with van der Waals surface area (Å²) in [6, 6.07) is 16.6. The van der Waals surface area contributed by atoms with Gasteiger partial charge in [-0.15, -0.1) is 0 Å². The summed E-state index contributed by atoms with van der Waals surface area (Å²) >= 11 is 0. The van der Waals surface area contributed by atoms with Crippen molar-refractivity contribution in [1.82, 2.24) is 0 Å². The molecule has 0 fully saturated rings. The number of hydrogen-bond donors (Lipinski definition) is 1. The van der Waals surface area contributed by atoms with E-state index in [4.69, 9.17) is 14.9 Å². The standard InChI is InChI=1S/C17H16FNO2/c18-14(11-19)16(12-5-2-1-3-6-12)21-15-8-4-7-13-9-10-20-17(13)15/h1-10,14,16H,11,19H2/t14-,16-/m0/s1. The van der Waals surface area contributed by atoms with E-state index in [0.717, 1.165) is 10.9 Å². The van der Waals surface area contributed by atoms with Crippen LogP contribution >= 0.6 is 0 Å². The lowest BCUT2D eigenvalue weighted by Crippen LogP contribution is -2.27. The number of nitrogens with two attached hydrogens (primary N) is 1. The number of alkyl halides is 1. The third-order valence-corrected chi connectivity index (χ3v) is 3.38. The molecule has 0 aliphatic carbocycles. The number of hydrogen-bond acceptors (Lipinski definition) is 3. The molecule has 1 aromatic heterocycles. The summed E-state index contributed by atoms with van der Waals surface area (Å²) in [5.74, 6) is 0.516. The maximum Gasteiger partial charge on any atom is 0.175 e. The van der Waals surface area contributed by atoms with Crippen LogP contribution in [0.5, 0.6) is 5.75 Å². The Labute approximate surface area is 122 Å². The fourth-order valence-corrected chi connectivity index (χ4v) is 2.31. The Bertz CT molecular complexity index is 711. The Morgan fingerprint density at radius 3 is 2.62 bits per heavy atom. The summed E-state index contributed by atoms with van der Waals surface area (Å²) < 4.78 is 25.5. The first-order valence-electron chi connectivity index (χ1n) is 6.81. The van der Waals surface area contributed by atoms with Gasteiger partial charge in [-0.25, -0.2) is 4.39 Å². The average Bonchev–Trinajstić information content (AvgIpc) is 3.02. The van der Waals surface area contributed by atoms with E-state index in [2.05, 4.69) is 0 Å². The van der Waals surface area contributed by atoms with Gasteiger partial charge in [0.2, 0.25) is 0 Å². The molecule has 0 radical (unpaired) electrons. The van der Waals surface area contributed by atoms with Gasteiger partial charge in [-0.3, -0.25) is 0 Å². The van der Waals surface area contributed by atoms with Crippen molar-refractivity contribution in [2.75, 3.05) is 6.54 Å². The minimum Gasteiger partial charge on any atom is -0.479 e. The fraction of sp³-hybridized carbons (Fsp3) is 0.176. The lowest BCUT2D eigenvalue weighted by atomic mass is 10.1. The van der Waals surface area contributed by atoms with Gasteiger partial charge in [-0.2, -0.15) is 0 Å². The van der Waals surface area contributed by atoms with Gasteiger partial charge < -0.3 is 14.9 Å². The monoisotopic (exact) mass is 285 g/mol. The van der Waals surface area contributed by atoms with Crippen molar-refractivity contribution in [2.24, 2.45) is 5.73 Å². The summed E-state index contributed by atoms with van der Waals surface area (Å²) in [7, 11) is 0.